The second-order valence-corrected chi connectivity index (χ2v) is 8.06. The number of nitrogens with zero attached hydrogens (tertiary/aromatic N) is 2. The fourth-order valence-corrected chi connectivity index (χ4v) is 4.79. The molecule has 1 amide bonds. The minimum absolute atomic E-state index is 0.0934. The summed E-state index contributed by atoms with van der Waals surface area (Å²) in [6, 6.07) is 8.59. The molecule has 29 heavy (non-hydrogen) atoms. The lowest BCUT2D eigenvalue weighted by Crippen LogP contribution is -2.43. The molecule has 0 aliphatic carbocycles. The highest BCUT2D eigenvalue weighted by Crippen LogP contribution is 2.28. The Balaban J connectivity index is 1.65. The number of fused-ring (bicyclic) bond motifs is 2. The number of carbonyl (C=O) groups is 2. The van der Waals surface area contributed by atoms with Crippen LogP contribution < -0.4 is 10.9 Å². The number of hydrogen-bond acceptors (Lipinski definition) is 6. The number of thiophene rings is 1. The summed E-state index contributed by atoms with van der Waals surface area (Å²) in [4.78, 5) is 43.6. The molecule has 1 atom stereocenters. The van der Waals surface area contributed by atoms with Gasteiger partial charge in [-0.2, -0.15) is 0 Å². The summed E-state index contributed by atoms with van der Waals surface area (Å²) in [7, 11) is 1.30. The van der Waals surface area contributed by atoms with E-state index in [-0.39, 0.29) is 5.56 Å². The maximum absolute atomic E-state index is 13.0. The van der Waals surface area contributed by atoms with Gasteiger partial charge in [0.05, 0.1) is 17.4 Å². The van der Waals surface area contributed by atoms with Gasteiger partial charge in [-0.1, -0.05) is 30.3 Å². The van der Waals surface area contributed by atoms with E-state index < -0.39 is 17.9 Å². The predicted molar refractivity (Wildman–Crippen MR) is 110 cm³/mol. The van der Waals surface area contributed by atoms with Crippen LogP contribution in [0, 0.1) is 6.92 Å². The van der Waals surface area contributed by atoms with Crippen molar-refractivity contribution in [3.8, 4) is 0 Å². The summed E-state index contributed by atoms with van der Waals surface area (Å²) >= 11 is 1.19. The third-order valence-electron chi connectivity index (χ3n) is 5.19. The van der Waals surface area contributed by atoms with E-state index in [2.05, 4.69) is 10.3 Å². The van der Waals surface area contributed by atoms with E-state index in [9.17, 15) is 14.4 Å². The minimum atomic E-state index is -0.821. The molecule has 3 aromatic rings. The summed E-state index contributed by atoms with van der Waals surface area (Å²) in [6.45, 7) is 2.42. The lowest BCUT2D eigenvalue weighted by molar-refractivity contribution is -0.142. The van der Waals surface area contributed by atoms with Crippen molar-refractivity contribution in [1.82, 2.24) is 14.9 Å². The number of rotatable bonds is 5. The Labute approximate surface area is 171 Å². The van der Waals surface area contributed by atoms with E-state index in [0.717, 1.165) is 24.2 Å². The van der Waals surface area contributed by atoms with Gasteiger partial charge in [0.2, 0.25) is 0 Å². The number of methoxy groups -OCH3 is 1. The van der Waals surface area contributed by atoms with E-state index >= 15 is 0 Å². The average molecular weight is 411 g/mol. The number of benzene rings is 1. The van der Waals surface area contributed by atoms with Crippen LogP contribution in [0.4, 0.5) is 0 Å². The van der Waals surface area contributed by atoms with Crippen LogP contribution in [-0.4, -0.2) is 34.6 Å². The van der Waals surface area contributed by atoms with Crippen molar-refractivity contribution in [3.05, 3.63) is 62.5 Å². The first-order chi connectivity index (χ1) is 14.0. The molecule has 8 heteroatoms. The van der Waals surface area contributed by atoms with Gasteiger partial charge < -0.3 is 10.1 Å². The molecule has 0 spiro atoms. The largest absolute Gasteiger partial charge is 0.467 e. The smallest absolute Gasteiger partial charge is 0.328 e. The van der Waals surface area contributed by atoms with E-state index in [0.29, 0.717) is 33.6 Å². The molecule has 0 bridgehead atoms. The predicted octanol–water partition coefficient (Wildman–Crippen LogP) is 2.23. The summed E-state index contributed by atoms with van der Waals surface area (Å²) < 4.78 is 6.56. The zero-order chi connectivity index (χ0) is 20.5. The fraction of sp³-hybridized carbons (Fsp3) is 0.333. The summed E-state index contributed by atoms with van der Waals surface area (Å²) in [5, 5.41) is 3.26. The van der Waals surface area contributed by atoms with Crippen LogP contribution in [0.5, 0.6) is 0 Å². The molecule has 0 radical (unpaired) electrons. The number of nitrogens with one attached hydrogen (secondary N) is 1. The number of aromatic nitrogens is 2. The number of aryl methyl sites for hydroxylation is 2. The van der Waals surface area contributed by atoms with Gasteiger partial charge in [0.25, 0.3) is 11.5 Å². The van der Waals surface area contributed by atoms with Gasteiger partial charge >= 0.3 is 5.97 Å². The molecule has 150 valence electrons. The number of hydrogen-bond donors (Lipinski definition) is 1. The number of amides is 1. The normalized spacial score (nSPS) is 13.9. The number of ether oxygens (including phenoxy) is 1. The Hall–Kier alpha value is -3.00. The molecule has 1 aliphatic heterocycles. The van der Waals surface area contributed by atoms with Crippen molar-refractivity contribution >= 4 is 33.4 Å². The molecule has 1 unspecified atom stereocenters. The lowest BCUT2D eigenvalue weighted by Gasteiger charge is -2.16. The number of esters is 1. The van der Waals surface area contributed by atoms with Crippen molar-refractivity contribution in [2.45, 2.75) is 38.8 Å². The number of carbonyl (C=O) groups excluding carboxylic acids is 2. The van der Waals surface area contributed by atoms with E-state index in [4.69, 9.17) is 4.74 Å². The van der Waals surface area contributed by atoms with Crippen molar-refractivity contribution in [2.24, 2.45) is 0 Å². The minimum Gasteiger partial charge on any atom is -0.467 e. The first-order valence-electron chi connectivity index (χ1n) is 9.45. The van der Waals surface area contributed by atoms with Gasteiger partial charge in [-0.05, 0) is 24.5 Å². The third kappa shape index (κ3) is 3.55. The SMILES string of the molecule is COC(=O)C(Cc1ccccc1)NC(=O)c1sc2nc3n(c(=O)c2c1C)CCC3. The monoisotopic (exact) mass is 411 g/mol. The third-order valence-corrected chi connectivity index (χ3v) is 6.38. The van der Waals surface area contributed by atoms with E-state index in [1.54, 1.807) is 11.5 Å². The zero-order valence-electron chi connectivity index (χ0n) is 16.2. The van der Waals surface area contributed by atoms with Crippen molar-refractivity contribution < 1.29 is 14.3 Å². The highest BCUT2D eigenvalue weighted by Gasteiger charge is 2.27. The van der Waals surface area contributed by atoms with Gasteiger partial charge in [0, 0.05) is 19.4 Å². The molecule has 0 fully saturated rings. The quantitative estimate of drug-likeness (QED) is 0.650. The second-order valence-electron chi connectivity index (χ2n) is 7.06. The summed E-state index contributed by atoms with van der Waals surface area (Å²) in [5.41, 5.74) is 1.42. The van der Waals surface area contributed by atoms with Gasteiger partial charge in [-0.15, -0.1) is 11.3 Å². The van der Waals surface area contributed by atoms with Crippen molar-refractivity contribution in [3.63, 3.8) is 0 Å². The first kappa shape index (κ1) is 19.3. The molecule has 0 saturated heterocycles. The van der Waals surface area contributed by atoms with E-state index in [1.165, 1.54) is 18.4 Å². The summed E-state index contributed by atoms with van der Waals surface area (Å²) in [6.07, 6.45) is 2.00. The standard InChI is InChI=1S/C21H21N3O4S/c1-12-16-19(23-15-9-6-10-24(15)20(16)26)29-17(12)18(25)22-14(21(27)28-2)11-13-7-4-3-5-8-13/h3-5,7-8,14H,6,9-11H2,1-2H3,(H,22,25). The molecule has 7 nitrogen and oxygen atoms in total. The molecule has 1 aliphatic rings. The maximum Gasteiger partial charge on any atom is 0.328 e. The Morgan fingerprint density at radius 3 is 2.79 bits per heavy atom. The van der Waals surface area contributed by atoms with Crippen molar-refractivity contribution in [1.29, 1.82) is 0 Å². The topological polar surface area (TPSA) is 90.3 Å². The van der Waals surface area contributed by atoms with Crippen LogP contribution in [-0.2, 0) is 28.9 Å². The van der Waals surface area contributed by atoms with Crippen LogP contribution in [0.2, 0.25) is 0 Å². The Morgan fingerprint density at radius 2 is 2.07 bits per heavy atom. The van der Waals surface area contributed by atoms with E-state index in [1.807, 2.05) is 30.3 Å². The van der Waals surface area contributed by atoms with Crippen LogP contribution in [0.15, 0.2) is 35.1 Å². The van der Waals surface area contributed by atoms with Crippen LogP contribution in [0.3, 0.4) is 0 Å². The molecule has 1 N–H and O–H groups in total. The Morgan fingerprint density at radius 1 is 1.31 bits per heavy atom. The molecule has 4 rings (SSSR count). The fourth-order valence-electron chi connectivity index (χ4n) is 3.70. The Bertz CT molecular complexity index is 1150. The van der Waals surface area contributed by atoms with Gasteiger partial charge in [-0.3, -0.25) is 14.2 Å². The molecule has 2 aromatic heterocycles. The highest BCUT2D eigenvalue weighted by molar-refractivity contribution is 7.20. The average Bonchev–Trinajstić information content (AvgIpc) is 3.32. The maximum atomic E-state index is 13.0. The molecule has 3 heterocycles. The highest BCUT2D eigenvalue weighted by atomic mass is 32.1. The first-order valence-corrected chi connectivity index (χ1v) is 10.3. The lowest BCUT2D eigenvalue weighted by atomic mass is 10.1. The summed E-state index contributed by atoms with van der Waals surface area (Å²) in [5.74, 6) is -0.147. The molecule has 0 saturated carbocycles. The Kier molecular flexibility index (Phi) is 5.19. The molecule has 1 aromatic carbocycles. The van der Waals surface area contributed by atoms with Gasteiger partial charge in [-0.25, -0.2) is 9.78 Å². The second kappa shape index (κ2) is 7.79. The van der Waals surface area contributed by atoms with Crippen molar-refractivity contribution in [2.75, 3.05) is 7.11 Å². The molecular formula is C21H21N3O4S. The molecular weight excluding hydrogens is 390 g/mol. The van der Waals surface area contributed by atoms with Gasteiger partial charge in [0.15, 0.2) is 0 Å². The zero-order valence-corrected chi connectivity index (χ0v) is 17.0. The van der Waals surface area contributed by atoms with Crippen LogP contribution in [0.25, 0.3) is 10.2 Å². The van der Waals surface area contributed by atoms with Crippen LogP contribution >= 0.6 is 11.3 Å². The van der Waals surface area contributed by atoms with Crippen LogP contribution in [0.1, 0.15) is 33.0 Å². The van der Waals surface area contributed by atoms with Gasteiger partial charge in [0.1, 0.15) is 16.7 Å².